The molecule has 2 heterocycles. The second-order valence-corrected chi connectivity index (χ2v) is 17.5. The second kappa shape index (κ2) is 20.7. The van der Waals surface area contributed by atoms with E-state index in [1.807, 2.05) is 69.3 Å². The minimum Gasteiger partial charge on any atom is -0.392 e. The van der Waals surface area contributed by atoms with Gasteiger partial charge in [0.2, 0.25) is 17.7 Å². The van der Waals surface area contributed by atoms with Crippen LogP contribution in [0.15, 0.2) is 72.8 Å². The van der Waals surface area contributed by atoms with Crippen molar-refractivity contribution in [1.29, 1.82) is 0 Å². The molecule has 3 aromatic rings. The Bertz CT molecular complexity index is 1810. The minimum atomic E-state index is -0.635. The first-order valence-electron chi connectivity index (χ1n) is 21.5. The molecule has 3 fully saturated rings. The Morgan fingerprint density at radius 1 is 0.776 bits per heavy atom. The van der Waals surface area contributed by atoms with Gasteiger partial charge in [0.15, 0.2) is 6.29 Å². The van der Waals surface area contributed by atoms with Crippen LogP contribution in [0.4, 0.5) is 0 Å². The number of aliphatic hydroxyl groups excluding tert-OH is 1. The first-order valence-corrected chi connectivity index (χ1v) is 21.5. The van der Waals surface area contributed by atoms with Gasteiger partial charge >= 0.3 is 0 Å². The highest BCUT2D eigenvalue weighted by molar-refractivity contribution is 5.82. The van der Waals surface area contributed by atoms with Gasteiger partial charge in [0.25, 0.3) is 0 Å². The number of carbonyl (C=O) groups is 3. The molecule has 3 amide bonds. The molecular formula is C47H64N4O7. The summed E-state index contributed by atoms with van der Waals surface area (Å²) < 4.78 is 13.7. The third-order valence-electron chi connectivity index (χ3n) is 11.9. The third-order valence-corrected chi connectivity index (χ3v) is 11.9. The fourth-order valence-electron chi connectivity index (χ4n) is 8.99. The molecule has 6 atom stereocenters. The maximum atomic E-state index is 13.9. The van der Waals surface area contributed by atoms with E-state index in [1.165, 1.54) is 19.3 Å². The van der Waals surface area contributed by atoms with Gasteiger partial charge in [-0.3, -0.25) is 24.5 Å². The standard InChI is InChI=1S/C47H64N4O7/c1-47(2,3)49-45(55)41-25-24-34-13-8-9-17-40(34)51(41)30-39-28-42(35-22-20-32(31-52)21-23-35)58-46(57-39)38-16-11-15-37(27-38)36-14-10-12-33(26-36)29-48-43(53)18-6-4-5-7-19-44(54)50-56/h10-12,14-16,20-23,26-27,34,39-42,46,52,56H,4-9,13,17-19,24-25,28-31H2,1-3H3,(H,48,53)(H,49,55)(H,50,54). The minimum absolute atomic E-state index is 0.00748. The molecule has 6 rings (SSSR count). The van der Waals surface area contributed by atoms with Gasteiger partial charge in [0, 0.05) is 49.5 Å². The number of hydroxylamine groups is 1. The lowest BCUT2D eigenvalue weighted by atomic mass is 9.75. The number of amides is 3. The number of hydrogen-bond acceptors (Lipinski definition) is 8. The number of benzene rings is 3. The van der Waals surface area contributed by atoms with Crippen molar-refractivity contribution in [3.8, 4) is 11.1 Å². The lowest BCUT2D eigenvalue weighted by molar-refractivity contribution is -0.255. The van der Waals surface area contributed by atoms with E-state index in [0.717, 1.165) is 71.9 Å². The predicted octanol–water partition coefficient (Wildman–Crippen LogP) is 7.79. The van der Waals surface area contributed by atoms with E-state index in [9.17, 15) is 19.5 Å². The van der Waals surface area contributed by atoms with Crippen molar-refractivity contribution in [2.75, 3.05) is 6.54 Å². The van der Waals surface area contributed by atoms with Crippen LogP contribution < -0.4 is 16.1 Å². The fourth-order valence-corrected chi connectivity index (χ4v) is 8.99. The number of ether oxygens (including phenoxy) is 2. The fraction of sp³-hybridized carbons (Fsp3) is 0.553. The second-order valence-electron chi connectivity index (χ2n) is 17.5. The van der Waals surface area contributed by atoms with Crippen molar-refractivity contribution in [3.63, 3.8) is 0 Å². The number of aliphatic hydroxyl groups is 1. The van der Waals surface area contributed by atoms with Crippen molar-refractivity contribution in [3.05, 3.63) is 95.1 Å². The first kappa shape index (κ1) is 43.4. The summed E-state index contributed by atoms with van der Waals surface area (Å²) in [5.74, 6) is 0.303. The number of likely N-dealkylation sites (tertiary alicyclic amines) is 1. The number of nitrogens with one attached hydrogen (secondary N) is 3. The SMILES string of the molecule is CC(C)(C)NC(=O)C1CCC2CCCCC2N1CC1CC(c2ccc(CO)cc2)OC(c2cccc(-c3cccc(CNC(=O)CCCCCCC(=O)NO)c3)c2)O1. The zero-order valence-corrected chi connectivity index (χ0v) is 34.6. The Balaban J connectivity index is 1.16. The normalized spacial score (nSPS) is 23.7. The number of hydrogen-bond donors (Lipinski definition) is 5. The van der Waals surface area contributed by atoms with Crippen LogP contribution in [-0.2, 0) is 37.0 Å². The van der Waals surface area contributed by atoms with Crippen molar-refractivity contribution in [1.82, 2.24) is 21.0 Å². The van der Waals surface area contributed by atoms with E-state index >= 15 is 0 Å². The average Bonchev–Trinajstić information content (AvgIpc) is 3.23. The number of carbonyl (C=O) groups excluding carboxylic acids is 3. The maximum absolute atomic E-state index is 13.9. The number of piperidine rings is 1. The van der Waals surface area contributed by atoms with E-state index in [4.69, 9.17) is 14.7 Å². The largest absolute Gasteiger partial charge is 0.392 e. The van der Waals surface area contributed by atoms with Crippen molar-refractivity contribution >= 4 is 17.7 Å². The predicted molar refractivity (Wildman–Crippen MR) is 223 cm³/mol. The highest BCUT2D eigenvalue weighted by Crippen LogP contribution is 2.42. The molecule has 0 aromatic heterocycles. The molecule has 6 unspecified atom stereocenters. The average molecular weight is 797 g/mol. The summed E-state index contributed by atoms with van der Waals surface area (Å²) >= 11 is 0. The van der Waals surface area contributed by atoms with Gasteiger partial charge in [-0.2, -0.15) is 0 Å². The molecule has 5 N–H and O–H groups in total. The summed E-state index contributed by atoms with van der Waals surface area (Å²) in [6, 6.07) is 24.6. The Kier molecular flexibility index (Phi) is 15.5. The third kappa shape index (κ3) is 12.2. The van der Waals surface area contributed by atoms with Crippen LogP contribution in [-0.4, -0.2) is 63.2 Å². The van der Waals surface area contributed by atoms with Gasteiger partial charge in [0.1, 0.15) is 0 Å². The van der Waals surface area contributed by atoms with Gasteiger partial charge < -0.3 is 25.2 Å². The van der Waals surface area contributed by atoms with E-state index in [0.29, 0.717) is 44.3 Å². The molecule has 0 bridgehead atoms. The molecule has 11 heteroatoms. The van der Waals surface area contributed by atoms with Crippen LogP contribution in [0, 0.1) is 5.92 Å². The molecule has 0 radical (unpaired) electrons. The Morgan fingerprint density at radius 3 is 2.21 bits per heavy atom. The summed E-state index contributed by atoms with van der Waals surface area (Å²) in [5.41, 5.74) is 7.15. The monoisotopic (exact) mass is 796 g/mol. The topological polar surface area (TPSA) is 149 Å². The van der Waals surface area contributed by atoms with Crippen LogP contribution in [0.2, 0.25) is 0 Å². The summed E-state index contributed by atoms with van der Waals surface area (Å²) in [7, 11) is 0. The van der Waals surface area contributed by atoms with E-state index in [2.05, 4.69) is 39.8 Å². The maximum Gasteiger partial charge on any atom is 0.243 e. The van der Waals surface area contributed by atoms with Crippen LogP contribution >= 0.6 is 0 Å². The Morgan fingerprint density at radius 2 is 1.48 bits per heavy atom. The molecule has 314 valence electrons. The molecule has 1 saturated carbocycles. The molecule has 3 aliphatic rings. The van der Waals surface area contributed by atoms with E-state index < -0.39 is 6.29 Å². The van der Waals surface area contributed by atoms with Gasteiger partial charge in [-0.05, 0) is 105 Å². The molecule has 58 heavy (non-hydrogen) atoms. The summed E-state index contributed by atoms with van der Waals surface area (Å²) in [6.45, 7) is 7.17. The molecule has 2 aliphatic heterocycles. The Hall–Kier alpha value is -4.13. The van der Waals surface area contributed by atoms with Crippen LogP contribution in [0.3, 0.4) is 0 Å². The molecule has 3 aromatic carbocycles. The van der Waals surface area contributed by atoms with Crippen molar-refractivity contribution in [2.24, 2.45) is 5.92 Å². The molecule has 2 saturated heterocycles. The molecule has 0 spiro atoms. The van der Waals surface area contributed by atoms with Crippen molar-refractivity contribution in [2.45, 2.75) is 154 Å². The van der Waals surface area contributed by atoms with Gasteiger partial charge in [-0.25, -0.2) is 5.48 Å². The quantitative estimate of drug-likeness (QED) is 0.0561. The van der Waals surface area contributed by atoms with Crippen LogP contribution in [0.25, 0.3) is 11.1 Å². The lowest BCUT2D eigenvalue weighted by Crippen LogP contribution is -2.61. The van der Waals surface area contributed by atoms with Gasteiger partial charge in [0.05, 0.1) is 24.9 Å². The van der Waals surface area contributed by atoms with Gasteiger partial charge in [-0.15, -0.1) is 0 Å². The number of unbranched alkanes of at least 4 members (excludes halogenated alkanes) is 3. The lowest BCUT2D eigenvalue weighted by Gasteiger charge is -2.50. The summed E-state index contributed by atoms with van der Waals surface area (Å²) in [5, 5.41) is 24.7. The zero-order chi connectivity index (χ0) is 41.1. The molecule has 11 nitrogen and oxygen atoms in total. The van der Waals surface area contributed by atoms with Gasteiger partial charge in [-0.1, -0.05) is 86.3 Å². The number of fused-ring (bicyclic) bond motifs is 1. The highest BCUT2D eigenvalue weighted by atomic mass is 16.7. The van der Waals surface area contributed by atoms with E-state index in [1.54, 1.807) is 5.48 Å². The smallest absolute Gasteiger partial charge is 0.243 e. The highest BCUT2D eigenvalue weighted by Gasteiger charge is 2.44. The first-order chi connectivity index (χ1) is 28.0. The number of nitrogens with zero attached hydrogens (tertiary/aromatic N) is 1. The molecular weight excluding hydrogens is 733 g/mol. The van der Waals surface area contributed by atoms with Crippen molar-refractivity contribution < 1.29 is 34.2 Å². The van der Waals surface area contributed by atoms with Crippen LogP contribution in [0.5, 0.6) is 0 Å². The number of rotatable bonds is 16. The van der Waals surface area contributed by atoms with E-state index in [-0.39, 0.29) is 54.5 Å². The summed E-state index contributed by atoms with van der Waals surface area (Å²) in [4.78, 5) is 40.1. The zero-order valence-electron chi connectivity index (χ0n) is 34.6. The van der Waals surface area contributed by atoms with Crippen LogP contribution in [0.1, 0.15) is 139 Å². The Labute approximate surface area is 344 Å². The molecule has 1 aliphatic carbocycles. The summed E-state index contributed by atoms with van der Waals surface area (Å²) in [6.07, 6.45) is 10.1.